The molecule has 0 aliphatic rings. The van der Waals surface area contributed by atoms with Gasteiger partial charge in [0.15, 0.2) is 0 Å². The molecule has 0 saturated carbocycles. The summed E-state index contributed by atoms with van der Waals surface area (Å²) in [7, 11) is -1.30. The van der Waals surface area contributed by atoms with Gasteiger partial charge in [0.2, 0.25) is 0 Å². The summed E-state index contributed by atoms with van der Waals surface area (Å²) < 4.78 is 7.47. The summed E-state index contributed by atoms with van der Waals surface area (Å²) in [6.07, 6.45) is 3.84. The molecular formula is C9H18N2OSi. The van der Waals surface area contributed by atoms with Gasteiger partial charge in [-0.05, 0) is 6.92 Å². The van der Waals surface area contributed by atoms with Gasteiger partial charge in [0.05, 0.1) is 5.45 Å². The first kappa shape index (κ1) is 10.5. The average Bonchev–Trinajstić information content (AvgIpc) is 2.47. The smallest absolute Gasteiger partial charge is 0.123 e. The number of imidazole rings is 1. The molecule has 13 heavy (non-hydrogen) atoms. The lowest BCUT2D eigenvalue weighted by atomic mass is 10.8. The molecule has 1 rings (SSSR count). The van der Waals surface area contributed by atoms with Crippen molar-refractivity contribution in [2.24, 2.45) is 0 Å². The first-order valence-corrected chi connectivity index (χ1v) is 8.15. The van der Waals surface area contributed by atoms with Crippen LogP contribution < -0.4 is 5.45 Å². The van der Waals surface area contributed by atoms with E-state index in [-0.39, 0.29) is 0 Å². The van der Waals surface area contributed by atoms with Crippen molar-refractivity contribution in [3.8, 4) is 0 Å². The van der Waals surface area contributed by atoms with E-state index in [4.69, 9.17) is 4.74 Å². The first-order valence-electron chi connectivity index (χ1n) is 4.65. The van der Waals surface area contributed by atoms with Gasteiger partial charge in [0.25, 0.3) is 0 Å². The largest absolute Gasteiger partial charge is 0.361 e. The molecule has 0 saturated heterocycles. The number of hydrogen-bond donors (Lipinski definition) is 0. The molecule has 0 unspecified atom stereocenters. The standard InChI is InChI=1S/C9H18N2OSi/c1-5-12-8-11-7-6-10-9(11)13(2,3)4/h6-7H,5,8H2,1-4H3. The molecule has 0 aromatic carbocycles. The maximum absolute atomic E-state index is 5.36. The van der Waals surface area contributed by atoms with Gasteiger partial charge in [-0.1, -0.05) is 19.6 Å². The molecule has 3 nitrogen and oxygen atoms in total. The Hall–Kier alpha value is -0.613. The molecule has 4 heteroatoms. The van der Waals surface area contributed by atoms with E-state index in [2.05, 4.69) is 29.2 Å². The van der Waals surface area contributed by atoms with E-state index in [0.717, 1.165) is 6.61 Å². The predicted octanol–water partition coefficient (Wildman–Crippen LogP) is 1.42. The minimum Gasteiger partial charge on any atom is -0.361 e. The molecule has 0 radical (unpaired) electrons. The van der Waals surface area contributed by atoms with Crippen molar-refractivity contribution < 1.29 is 4.74 Å². The van der Waals surface area contributed by atoms with Gasteiger partial charge < -0.3 is 9.30 Å². The van der Waals surface area contributed by atoms with Gasteiger partial charge in [0.1, 0.15) is 14.8 Å². The normalized spacial score (nSPS) is 12.0. The highest BCUT2D eigenvalue weighted by Gasteiger charge is 2.21. The minimum atomic E-state index is -1.30. The Morgan fingerprint density at radius 2 is 2.15 bits per heavy atom. The predicted molar refractivity (Wildman–Crippen MR) is 56.8 cm³/mol. The van der Waals surface area contributed by atoms with Gasteiger partial charge in [-0.25, -0.2) is 4.98 Å². The monoisotopic (exact) mass is 198 g/mol. The highest BCUT2D eigenvalue weighted by atomic mass is 28.3. The van der Waals surface area contributed by atoms with Crippen LogP contribution in [0, 0.1) is 0 Å². The summed E-state index contributed by atoms with van der Waals surface area (Å²) in [5.74, 6) is 0. The number of ether oxygens (including phenoxy) is 1. The zero-order valence-corrected chi connectivity index (χ0v) is 9.87. The zero-order chi connectivity index (χ0) is 9.90. The van der Waals surface area contributed by atoms with Crippen LogP contribution in [0.4, 0.5) is 0 Å². The van der Waals surface area contributed by atoms with Crippen molar-refractivity contribution >= 4 is 13.5 Å². The number of rotatable bonds is 4. The third kappa shape index (κ3) is 2.67. The SMILES string of the molecule is CCOCn1ccnc1[Si](C)(C)C. The minimum absolute atomic E-state index is 0.635. The maximum atomic E-state index is 5.36. The maximum Gasteiger partial charge on any atom is 0.123 e. The molecule has 0 spiro atoms. The molecule has 74 valence electrons. The van der Waals surface area contributed by atoms with Crippen LogP contribution in [0.15, 0.2) is 12.4 Å². The fraction of sp³-hybridized carbons (Fsp3) is 0.667. The van der Waals surface area contributed by atoms with E-state index in [1.807, 2.05) is 19.3 Å². The third-order valence-corrected chi connectivity index (χ3v) is 3.58. The third-order valence-electron chi connectivity index (χ3n) is 1.82. The summed E-state index contributed by atoms with van der Waals surface area (Å²) in [4.78, 5) is 4.39. The quantitative estimate of drug-likeness (QED) is 0.684. The Morgan fingerprint density at radius 3 is 2.69 bits per heavy atom. The Labute approximate surface area is 80.8 Å². The lowest BCUT2D eigenvalue weighted by Gasteiger charge is -2.17. The van der Waals surface area contributed by atoms with Crippen LogP contribution in [0.5, 0.6) is 0 Å². The number of hydrogen-bond acceptors (Lipinski definition) is 2. The number of aromatic nitrogens is 2. The molecule has 0 amide bonds. The van der Waals surface area contributed by atoms with Crippen LogP contribution in [0.25, 0.3) is 0 Å². The summed E-state index contributed by atoms with van der Waals surface area (Å²) in [5.41, 5.74) is 1.21. The van der Waals surface area contributed by atoms with Crippen molar-refractivity contribution in [2.75, 3.05) is 6.61 Å². The highest BCUT2D eigenvalue weighted by molar-refractivity contribution is 6.87. The van der Waals surface area contributed by atoms with Crippen molar-refractivity contribution in [1.29, 1.82) is 0 Å². The topological polar surface area (TPSA) is 27.1 Å². The summed E-state index contributed by atoms with van der Waals surface area (Å²) >= 11 is 0. The van der Waals surface area contributed by atoms with E-state index < -0.39 is 8.07 Å². The van der Waals surface area contributed by atoms with Crippen molar-refractivity contribution in [3.63, 3.8) is 0 Å². The van der Waals surface area contributed by atoms with Crippen LogP contribution in [-0.2, 0) is 11.5 Å². The Balaban J connectivity index is 2.77. The van der Waals surface area contributed by atoms with Crippen molar-refractivity contribution in [3.05, 3.63) is 12.4 Å². The van der Waals surface area contributed by atoms with Crippen LogP contribution in [0.2, 0.25) is 19.6 Å². The molecular weight excluding hydrogens is 180 g/mol. The van der Waals surface area contributed by atoms with Crippen molar-refractivity contribution in [2.45, 2.75) is 33.3 Å². The zero-order valence-electron chi connectivity index (χ0n) is 8.87. The lowest BCUT2D eigenvalue weighted by Crippen LogP contribution is -2.44. The molecule has 1 aromatic heterocycles. The van der Waals surface area contributed by atoms with E-state index >= 15 is 0 Å². The Kier molecular flexibility index (Phi) is 3.27. The summed E-state index contributed by atoms with van der Waals surface area (Å²) in [6, 6.07) is 0. The van der Waals surface area contributed by atoms with Crippen LogP contribution in [-0.4, -0.2) is 24.2 Å². The first-order chi connectivity index (χ1) is 6.05. The molecule has 0 N–H and O–H groups in total. The molecule has 0 fully saturated rings. The Bertz CT molecular complexity index is 265. The van der Waals surface area contributed by atoms with Gasteiger partial charge in [-0.3, -0.25) is 0 Å². The molecule has 0 aliphatic carbocycles. The fourth-order valence-electron chi connectivity index (χ4n) is 1.25. The fourth-order valence-corrected chi connectivity index (χ4v) is 2.71. The molecule has 1 heterocycles. The second-order valence-corrected chi connectivity index (χ2v) is 9.04. The Morgan fingerprint density at radius 1 is 1.46 bits per heavy atom. The summed E-state index contributed by atoms with van der Waals surface area (Å²) in [5, 5.41) is 0. The second kappa shape index (κ2) is 4.06. The van der Waals surface area contributed by atoms with Crippen LogP contribution in [0.3, 0.4) is 0 Å². The molecule has 0 bridgehead atoms. The molecule has 1 aromatic rings. The molecule has 0 atom stereocenters. The lowest BCUT2D eigenvalue weighted by molar-refractivity contribution is 0.0897. The van der Waals surface area contributed by atoms with E-state index in [9.17, 15) is 0 Å². The van der Waals surface area contributed by atoms with E-state index in [0.29, 0.717) is 6.73 Å². The van der Waals surface area contributed by atoms with Crippen LogP contribution >= 0.6 is 0 Å². The van der Waals surface area contributed by atoms with Gasteiger partial charge in [0, 0.05) is 19.0 Å². The second-order valence-electron chi connectivity index (χ2n) is 4.09. The number of nitrogens with zero attached hydrogens (tertiary/aromatic N) is 2. The van der Waals surface area contributed by atoms with E-state index in [1.165, 1.54) is 5.45 Å². The highest BCUT2D eigenvalue weighted by Crippen LogP contribution is 2.00. The van der Waals surface area contributed by atoms with Gasteiger partial charge in [-0.2, -0.15) is 0 Å². The van der Waals surface area contributed by atoms with Gasteiger partial charge in [-0.15, -0.1) is 0 Å². The molecule has 0 aliphatic heterocycles. The van der Waals surface area contributed by atoms with Crippen LogP contribution in [0.1, 0.15) is 6.92 Å². The van der Waals surface area contributed by atoms with Gasteiger partial charge >= 0.3 is 0 Å². The summed E-state index contributed by atoms with van der Waals surface area (Å²) in [6.45, 7) is 10.3. The average molecular weight is 198 g/mol. The van der Waals surface area contributed by atoms with Crippen molar-refractivity contribution in [1.82, 2.24) is 9.55 Å². The van der Waals surface area contributed by atoms with E-state index in [1.54, 1.807) is 0 Å².